The lowest BCUT2D eigenvalue weighted by molar-refractivity contribution is 0.619. The van der Waals surface area contributed by atoms with Crippen LogP contribution < -0.4 is 0 Å². The lowest BCUT2D eigenvalue weighted by Gasteiger charge is -2.01. The van der Waals surface area contributed by atoms with Crippen LogP contribution in [0.1, 0.15) is 5.56 Å². The molecule has 12 heavy (non-hydrogen) atoms. The Balaban J connectivity index is 3.16. The van der Waals surface area contributed by atoms with Crippen molar-refractivity contribution in [3.8, 4) is 6.07 Å². The maximum Gasteiger partial charge on any atom is 0.138 e. The summed E-state index contributed by atoms with van der Waals surface area (Å²) in [4.78, 5) is 0. The minimum Gasteiger partial charge on any atom is -0.206 e. The van der Waals surface area contributed by atoms with Gasteiger partial charge >= 0.3 is 0 Å². The summed E-state index contributed by atoms with van der Waals surface area (Å²) in [7, 11) is 0. The minimum absolute atomic E-state index is 0.291. The Kier molecular flexibility index (Phi) is 3.47. The zero-order chi connectivity index (χ0) is 9.14. The van der Waals surface area contributed by atoms with Gasteiger partial charge in [0.25, 0.3) is 0 Å². The number of nitrogens with zero attached hydrogens (tertiary/aromatic N) is 1. The number of benzene rings is 1. The van der Waals surface area contributed by atoms with Crippen molar-refractivity contribution < 1.29 is 4.39 Å². The molecule has 0 bridgehead atoms. The Morgan fingerprint density at radius 3 is 2.83 bits per heavy atom. The first kappa shape index (κ1) is 9.93. The van der Waals surface area contributed by atoms with Gasteiger partial charge in [0.05, 0.1) is 17.0 Å². The fourth-order valence-corrected chi connectivity index (χ4v) is 1.79. The van der Waals surface area contributed by atoms with E-state index in [1.54, 1.807) is 6.07 Å². The lowest BCUT2D eigenvalue weighted by Crippen LogP contribution is -1.89. The first-order chi connectivity index (χ1) is 5.65. The molecule has 0 aromatic heterocycles. The monoisotopic (exact) mass is 339 g/mol. The third-order valence-electron chi connectivity index (χ3n) is 1.36. The highest BCUT2D eigenvalue weighted by molar-refractivity contribution is 14.1. The summed E-state index contributed by atoms with van der Waals surface area (Å²) in [6, 6.07) is 5.08. The summed E-state index contributed by atoms with van der Waals surface area (Å²) >= 11 is 5.08. The molecule has 0 fully saturated rings. The van der Waals surface area contributed by atoms with Gasteiger partial charge in [-0.1, -0.05) is 0 Å². The maximum absolute atomic E-state index is 12.9. The molecular weight excluding hydrogens is 336 g/mol. The van der Waals surface area contributed by atoms with Crippen molar-refractivity contribution in [1.82, 2.24) is 0 Å². The first-order valence-corrected chi connectivity index (χ1v) is 5.02. The van der Waals surface area contributed by atoms with Crippen LogP contribution in [0, 0.1) is 20.7 Å². The Hall–Kier alpha value is -0.150. The van der Waals surface area contributed by atoms with E-state index in [4.69, 9.17) is 5.26 Å². The summed E-state index contributed by atoms with van der Waals surface area (Å²) in [5.74, 6) is -0.291. The molecule has 0 atom stereocenters. The molecule has 1 aromatic carbocycles. The van der Waals surface area contributed by atoms with E-state index in [-0.39, 0.29) is 5.82 Å². The second-order valence-corrected chi connectivity index (χ2v) is 4.21. The molecule has 1 nitrogen and oxygen atoms in total. The Bertz CT molecular complexity index is 346. The molecule has 1 rings (SSSR count). The van der Waals surface area contributed by atoms with Gasteiger partial charge in [0, 0.05) is 3.57 Å². The predicted molar refractivity (Wildman–Crippen MR) is 56.1 cm³/mol. The van der Waals surface area contributed by atoms with Crippen molar-refractivity contribution in [2.24, 2.45) is 0 Å². The van der Waals surface area contributed by atoms with Crippen LogP contribution in [-0.4, -0.2) is 0 Å². The zero-order valence-corrected chi connectivity index (χ0v) is 9.69. The van der Waals surface area contributed by atoms with Gasteiger partial charge in [0.1, 0.15) is 5.82 Å². The molecule has 0 spiro atoms. The summed E-state index contributed by atoms with van der Waals surface area (Å²) < 4.78 is 14.1. The molecule has 62 valence electrons. The summed E-state index contributed by atoms with van der Waals surface area (Å²) in [5.41, 5.74) is 0.853. The number of hydrogen-bond donors (Lipinski definition) is 0. The number of hydrogen-bond acceptors (Lipinski definition) is 1. The van der Waals surface area contributed by atoms with Gasteiger partial charge in [0.2, 0.25) is 0 Å². The van der Waals surface area contributed by atoms with Crippen LogP contribution in [0.5, 0.6) is 0 Å². The van der Waals surface area contributed by atoms with E-state index < -0.39 is 0 Å². The van der Waals surface area contributed by atoms with E-state index in [0.29, 0.717) is 10.9 Å². The molecule has 4 heteroatoms. The second kappa shape index (κ2) is 4.19. The van der Waals surface area contributed by atoms with Crippen molar-refractivity contribution >= 4 is 38.5 Å². The van der Waals surface area contributed by atoms with E-state index in [1.165, 1.54) is 6.07 Å². The predicted octanol–water partition coefficient (Wildman–Crippen LogP) is 3.26. The van der Waals surface area contributed by atoms with Crippen LogP contribution in [0.2, 0.25) is 0 Å². The van der Waals surface area contributed by atoms with E-state index >= 15 is 0 Å². The molecule has 0 saturated heterocycles. The lowest BCUT2D eigenvalue weighted by atomic mass is 10.2. The van der Waals surface area contributed by atoms with Gasteiger partial charge < -0.3 is 0 Å². The van der Waals surface area contributed by atoms with Crippen LogP contribution >= 0.6 is 38.5 Å². The maximum atomic E-state index is 12.9. The average molecular weight is 340 g/mol. The van der Waals surface area contributed by atoms with Crippen LogP contribution in [0.15, 0.2) is 16.6 Å². The molecule has 0 aliphatic rings. The number of rotatable bonds is 1. The van der Waals surface area contributed by atoms with Crippen LogP contribution in [0.25, 0.3) is 0 Å². The molecule has 0 unspecified atom stereocenters. The molecule has 0 aliphatic heterocycles. The molecule has 0 N–H and O–H groups in total. The molecule has 0 radical (unpaired) electrons. The largest absolute Gasteiger partial charge is 0.206 e. The summed E-state index contributed by atoms with van der Waals surface area (Å²) in [6.45, 7) is 0. The van der Waals surface area contributed by atoms with Crippen molar-refractivity contribution in [2.75, 3.05) is 0 Å². The fraction of sp³-hybridized carbons (Fsp3) is 0.125. The third kappa shape index (κ3) is 2.17. The molecule has 0 heterocycles. The normalized spacial score (nSPS) is 9.50. The molecule has 1 aromatic rings. The second-order valence-electron chi connectivity index (χ2n) is 2.19. The minimum atomic E-state index is -0.291. The van der Waals surface area contributed by atoms with Crippen molar-refractivity contribution in [1.29, 1.82) is 5.26 Å². The van der Waals surface area contributed by atoms with Crippen molar-refractivity contribution in [2.45, 2.75) is 6.42 Å². The molecule has 0 amide bonds. The highest BCUT2D eigenvalue weighted by Gasteiger charge is 2.05. The topological polar surface area (TPSA) is 23.8 Å². The Morgan fingerprint density at radius 2 is 2.25 bits per heavy atom. The molecular formula is C8H4BrFIN. The van der Waals surface area contributed by atoms with E-state index in [2.05, 4.69) is 15.9 Å². The average Bonchev–Trinajstić information content (AvgIpc) is 2.01. The fourth-order valence-electron chi connectivity index (χ4n) is 0.784. The van der Waals surface area contributed by atoms with Crippen LogP contribution in [-0.2, 0) is 6.42 Å². The zero-order valence-electron chi connectivity index (χ0n) is 5.94. The number of nitriles is 1. The molecule has 0 saturated carbocycles. The quantitative estimate of drug-likeness (QED) is 0.569. The number of halogens is 3. The highest BCUT2D eigenvalue weighted by Crippen LogP contribution is 2.22. The molecule has 0 aliphatic carbocycles. The first-order valence-electron chi connectivity index (χ1n) is 3.15. The third-order valence-corrected chi connectivity index (χ3v) is 2.97. The SMILES string of the molecule is N#CCc1cc(Br)c(F)cc1I. The van der Waals surface area contributed by atoms with Crippen molar-refractivity contribution in [3.05, 3.63) is 31.6 Å². The van der Waals surface area contributed by atoms with E-state index in [0.717, 1.165) is 9.13 Å². The van der Waals surface area contributed by atoms with E-state index in [1.807, 2.05) is 28.7 Å². The summed E-state index contributed by atoms with van der Waals surface area (Å²) in [6.07, 6.45) is 0.317. The van der Waals surface area contributed by atoms with Crippen molar-refractivity contribution in [3.63, 3.8) is 0 Å². The Morgan fingerprint density at radius 1 is 1.58 bits per heavy atom. The van der Waals surface area contributed by atoms with Gasteiger partial charge in [-0.15, -0.1) is 0 Å². The highest BCUT2D eigenvalue weighted by atomic mass is 127. The standard InChI is InChI=1S/C8H4BrFIN/c9-6-3-5(1-2-12)8(11)4-7(6)10/h3-4H,1H2. The van der Waals surface area contributed by atoms with E-state index in [9.17, 15) is 4.39 Å². The van der Waals surface area contributed by atoms with Gasteiger partial charge in [-0.2, -0.15) is 5.26 Å². The summed E-state index contributed by atoms with van der Waals surface area (Å²) in [5, 5.41) is 8.44. The van der Waals surface area contributed by atoms with Gasteiger partial charge in [-0.25, -0.2) is 4.39 Å². The van der Waals surface area contributed by atoms with Gasteiger partial charge in [0.15, 0.2) is 0 Å². The Labute approximate surface area is 91.8 Å². The van der Waals surface area contributed by atoms with Crippen LogP contribution in [0.3, 0.4) is 0 Å². The van der Waals surface area contributed by atoms with Gasteiger partial charge in [-0.3, -0.25) is 0 Å². The van der Waals surface area contributed by atoms with Crippen LogP contribution in [0.4, 0.5) is 4.39 Å². The smallest absolute Gasteiger partial charge is 0.138 e. The van der Waals surface area contributed by atoms with Gasteiger partial charge in [-0.05, 0) is 56.2 Å².